The lowest BCUT2D eigenvalue weighted by Crippen LogP contribution is -2.58. The van der Waals surface area contributed by atoms with Gasteiger partial charge in [-0.25, -0.2) is 0 Å². The Labute approximate surface area is 185 Å². The number of hydrogen-bond donors (Lipinski definition) is 3. The van der Waals surface area contributed by atoms with E-state index in [9.17, 15) is 15.3 Å². The fourth-order valence-electron chi connectivity index (χ4n) is 9.23. The third kappa shape index (κ3) is 3.90. The molecule has 0 spiro atoms. The molecule has 3 nitrogen and oxygen atoms in total. The Morgan fingerprint density at radius 2 is 1.60 bits per heavy atom. The summed E-state index contributed by atoms with van der Waals surface area (Å²) in [4.78, 5) is 0. The molecule has 3 heteroatoms. The van der Waals surface area contributed by atoms with E-state index < -0.39 is 5.60 Å². The molecule has 4 aliphatic rings. The van der Waals surface area contributed by atoms with Gasteiger partial charge in [-0.3, -0.25) is 0 Å². The standard InChI is InChI=1S/C27H48O3/c1-17(7-6-12-25(2,3)30)20-8-9-21-24-22(11-14-27(20,21)5)26(4)13-10-19(28)15-18(26)16-23(24)29/h17-24,28-30H,6-16H2,1-5H3/t17-,18+,19?,20-,21+,22+,23?,24+,26+,27-/m1/s1. The molecule has 0 radical (unpaired) electrons. The third-order valence-corrected chi connectivity index (χ3v) is 10.9. The lowest BCUT2D eigenvalue weighted by atomic mass is 9.43. The van der Waals surface area contributed by atoms with Crippen LogP contribution in [0.4, 0.5) is 0 Å². The Hall–Kier alpha value is -0.120. The van der Waals surface area contributed by atoms with E-state index in [0.29, 0.717) is 40.4 Å². The molecule has 0 aromatic carbocycles. The van der Waals surface area contributed by atoms with Crippen LogP contribution in [-0.4, -0.2) is 33.1 Å². The Kier molecular flexibility index (Phi) is 6.17. The number of hydrogen-bond acceptors (Lipinski definition) is 3. The highest BCUT2D eigenvalue weighted by Gasteiger charge is 2.62. The first-order valence-electron chi connectivity index (χ1n) is 13.0. The molecule has 0 bridgehead atoms. The molecule has 0 heterocycles. The topological polar surface area (TPSA) is 60.7 Å². The van der Waals surface area contributed by atoms with Gasteiger partial charge in [-0.2, -0.15) is 0 Å². The molecule has 4 saturated carbocycles. The Balaban J connectivity index is 1.49. The Morgan fingerprint density at radius 3 is 2.30 bits per heavy atom. The largest absolute Gasteiger partial charge is 0.393 e. The van der Waals surface area contributed by atoms with Crippen molar-refractivity contribution in [1.82, 2.24) is 0 Å². The molecule has 10 atom stereocenters. The normalized spacial score (nSPS) is 49.8. The third-order valence-electron chi connectivity index (χ3n) is 10.9. The van der Waals surface area contributed by atoms with E-state index in [-0.39, 0.29) is 12.2 Å². The second-order valence-electron chi connectivity index (χ2n) is 13.1. The maximum absolute atomic E-state index is 11.4. The van der Waals surface area contributed by atoms with Gasteiger partial charge in [0.1, 0.15) is 0 Å². The van der Waals surface area contributed by atoms with E-state index in [4.69, 9.17) is 0 Å². The zero-order valence-corrected chi connectivity index (χ0v) is 20.2. The van der Waals surface area contributed by atoms with E-state index >= 15 is 0 Å². The zero-order chi connectivity index (χ0) is 21.9. The Bertz CT molecular complexity index is 612. The summed E-state index contributed by atoms with van der Waals surface area (Å²) in [6, 6.07) is 0. The van der Waals surface area contributed by atoms with Crippen LogP contribution in [0.25, 0.3) is 0 Å². The SMILES string of the molecule is C[C@H](CCCC(C)(C)O)[C@H]1CC[C@H]2[C@@H]3C(O)C[C@@H]4CC(O)CC[C@]4(C)[C@H]3CC[C@]12C. The van der Waals surface area contributed by atoms with Gasteiger partial charge < -0.3 is 15.3 Å². The van der Waals surface area contributed by atoms with Gasteiger partial charge in [-0.05, 0) is 118 Å². The van der Waals surface area contributed by atoms with Crippen LogP contribution in [-0.2, 0) is 0 Å². The molecule has 0 aliphatic heterocycles. The van der Waals surface area contributed by atoms with Crippen molar-refractivity contribution < 1.29 is 15.3 Å². The van der Waals surface area contributed by atoms with Gasteiger partial charge in [0.2, 0.25) is 0 Å². The van der Waals surface area contributed by atoms with Crippen LogP contribution in [0.2, 0.25) is 0 Å². The summed E-state index contributed by atoms with van der Waals surface area (Å²) in [6.07, 6.45) is 12.0. The molecule has 0 saturated heterocycles. The average Bonchev–Trinajstić information content (AvgIpc) is 2.99. The zero-order valence-electron chi connectivity index (χ0n) is 20.2. The summed E-state index contributed by atoms with van der Waals surface area (Å²) in [5, 5.41) is 31.7. The highest BCUT2D eigenvalue weighted by Crippen LogP contribution is 2.68. The van der Waals surface area contributed by atoms with Crippen LogP contribution in [0.15, 0.2) is 0 Å². The molecule has 3 N–H and O–H groups in total. The van der Waals surface area contributed by atoms with Crippen molar-refractivity contribution in [2.75, 3.05) is 0 Å². The minimum atomic E-state index is -0.550. The van der Waals surface area contributed by atoms with Crippen molar-refractivity contribution in [2.45, 2.75) is 123 Å². The highest BCUT2D eigenvalue weighted by molar-refractivity contribution is 5.11. The number of rotatable bonds is 5. The summed E-state index contributed by atoms with van der Waals surface area (Å²) < 4.78 is 0. The first kappa shape index (κ1) is 23.1. The van der Waals surface area contributed by atoms with Crippen molar-refractivity contribution in [3.05, 3.63) is 0 Å². The quantitative estimate of drug-likeness (QED) is 0.546. The van der Waals surface area contributed by atoms with Gasteiger partial charge in [0, 0.05) is 0 Å². The lowest BCUT2D eigenvalue weighted by molar-refractivity contribution is -0.174. The van der Waals surface area contributed by atoms with Crippen LogP contribution in [0.3, 0.4) is 0 Å². The van der Waals surface area contributed by atoms with Crippen LogP contribution < -0.4 is 0 Å². The van der Waals surface area contributed by atoms with E-state index in [2.05, 4.69) is 20.8 Å². The van der Waals surface area contributed by atoms with Crippen molar-refractivity contribution in [2.24, 2.45) is 46.3 Å². The average molecular weight is 421 g/mol. The first-order valence-corrected chi connectivity index (χ1v) is 13.0. The molecule has 4 fully saturated rings. The molecule has 4 aliphatic carbocycles. The predicted octanol–water partition coefficient (Wildman–Crippen LogP) is 5.55. The predicted molar refractivity (Wildman–Crippen MR) is 122 cm³/mol. The molecule has 4 rings (SSSR count). The van der Waals surface area contributed by atoms with Gasteiger partial charge in [-0.15, -0.1) is 0 Å². The highest BCUT2D eigenvalue weighted by atomic mass is 16.3. The monoisotopic (exact) mass is 420 g/mol. The van der Waals surface area contributed by atoms with Crippen LogP contribution in [0.1, 0.15) is 105 Å². The van der Waals surface area contributed by atoms with Gasteiger partial charge >= 0.3 is 0 Å². The number of aliphatic hydroxyl groups is 3. The molecule has 0 amide bonds. The maximum Gasteiger partial charge on any atom is 0.0591 e. The van der Waals surface area contributed by atoms with Gasteiger partial charge in [0.05, 0.1) is 17.8 Å². The summed E-state index contributed by atoms with van der Waals surface area (Å²) in [5.41, 5.74) is 0.139. The molecule has 0 aromatic rings. The van der Waals surface area contributed by atoms with Crippen molar-refractivity contribution in [3.63, 3.8) is 0 Å². The number of aliphatic hydroxyl groups excluding tert-OH is 2. The van der Waals surface area contributed by atoms with Gasteiger partial charge in [-0.1, -0.05) is 33.6 Å². The molecule has 0 aromatic heterocycles. The fourth-order valence-corrected chi connectivity index (χ4v) is 9.23. The second-order valence-corrected chi connectivity index (χ2v) is 13.1. The van der Waals surface area contributed by atoms with E-state index in [1.807, 2.05) is 13.8 Å². The maximum atomic E-state index is 11.4. The molecule has 2 unspecified atom stereocenters. The first-order chi connectivity index (χ1) is 14.0. The Morgan fingerprint density at radius 1 is 0.933 bits per heavy atom. The molecule has 30 heavy (non-hydrogen) atoms. The van der Waals surface area contributed by atoms with Crippen LogP contribution in [0, 0.1) is 46.3 Å². The summed E-state index contributed by atoms with van der Waals surface area (Å²) in [5.74, 6) is 3.73. The van der Waals surface area contributed by atoms with E-state index in [1.165, 1.54) is 32.1 Å². The molecule has 174 valence electrons. The van der Waals surface area contributed by atoms with E-state index in [0.717, 1.165) is 44.4 Å². The smallest absolute Gasteiger partial charge is 0.0591 e. The lowest BCUT2D eigenvalue weighted by Gasteiger charge is -2.62. The minimum Gasteiger partial charge on any atom is -0.393 e. The van der Waals surface area contributed by atoms with Crippen molar-refractivity contribution in [1.29, 1.82) is 0 Å². The number of fused-ring (bicyclic) bond motifs is 5. The van der Waals surface area contributed by atoms with Gasteiger partial charge in [0.15, 0.2) is 0 Å². The van der Waals surface area contributed by atoms with Gasteiger partial charge in [0.25, 0.3) is 0 Å². The van der Waals surface area contributed by atoms with Crippen molar-refractivity contribution in [3.8, 4) is 0 Å². The summed E-state index contributed by atoms with van der Waals surface area (Å²) >= 11 is 0. The van der Waals surface area contributed by atoms with E-state index in [1.54, 1.807) is 0 Å². The van der Waals surface area contributed by atoms with Crippen LogP contribution in [0.5, 0.6) is 0 Å². The van der Waals surface area contributed by atoms with Crippen molar-refractivity contribution >= 4 is 0 Å². The molecular formula is C27H48O3. The summed E-state index contributed by atoms with van der Waals surface area (Å²) in [7, 11) is 0. The second kappa shape index (κ2) is 8.03. The van der Waals surface area contributed by atoms with Crippen LogP contribution >= 0.6 is 0 Å². The minimum absolute atomic E-state index is 0.152. The molecular weight excluding hydrogens is 372 g/mol. The summed E-state index contributed by atoms with van der Waals surface area (Å²) in [6.45, 7) is 11.4. The fraction of sp³-hybridized carbons (Fsp3) is 1.00.